The molecule has 2 rings (SSSR count). The number of anilines is 2. The first-order valence-electron chi connectivity index (χ1n) is 6.80. The average molecular weight is 266 g/mol. The number of nitrogens with one attached hydrogen (secondary N) is 2. The van der Waals surface area contributed by atoms with Crippen LogP contribution in [-0.4, -0.2) is 27.6 Å². The van der Waals surface area contributed by atoms with Crippen molar-refractivity contribution in [2.24, 2.45) is 11.8 Å². The van der Waals surface area contributed by atoms with Gasteiger partial charge in [-0.3, -0.25) is 5.43 Å². The van der Waals surface area contributed by atoms with Gasteiger partial charge in [-0.15, -0.1) is 0 Å². The molecule has 1 aromatic heterocycles. The van der Waals surface area contributed by atoms with Gasteiger partial charge in [0.1, 0.15) is 0 Å². The molecule has 19 heavy (non-hydrogen) atoms. The molecule has 1 aliphatic rings. The fourth-order valence-electron chi connectivity index (χ4n) is 1.76. The molecule has 1 heterocycles. The van der Waals surface area contributed by atoms with Crippen LogP contribution in [0.1, 0.15) is 39.5 Å². The standard InChI is InChI=1S/C12H22N6O/c1-8(2)19-12-16-10(15-11(17-12)18-13)14-7-3-4-9-5-6-9/h8-9H,3-7,13H2,1-2H3,(H2,14,15,16,17,18). The Morgan fingerprint density at radius 2 is 2.00 bits per heavy atom. The van der Waals surface area contributed by atoms with Crippen molar-refractivity contribution in [1.29, 1.82) is 0 Å². The van der Waals surface area contributed by atoms with E-state index in [1.54, 1.807) is 0 Å². The second-order valence-corrected chi connectivity index (χ2v) is 5.09. The van der Waals surface area contributed by atoms with Crippen LogP contribution >= 0.6 is 0 Å². The van der Waals surface area contributed by atoms with Gasteiger partial charge in [-0.1, -0.05) is 12.8 Å². The van der Waals surface area contributed by atoms with Gasteiger partial charge >= 0.3 is 6.01 Å². The molecule has 0 amide bonds. The third-order valence-electron chi connectivity index (χ3n) is 2.85. The number of nitrogen functional groups attached to an aromatic ring is 1. The molecule has 1 aromatic rings. The SMILES string of the molecule is CC(C)Oc1nc(NN)nc(NCCCC2CC2)n1. The fraction of sp³-hybridized carbons (Fsp3) is 0.750. The van der Waals surface area contributed by atoms with E-state index in [1.807, 2.05) is 13.8 Å². The Balaban J connectivity index is 1.88. The highest BCUT2D eigenvalue weighted by Gasteiger charge is 2.20. The molecule has 1 fully saturated rings. The Bertz CT molecular complexity index is 407. The summed E-state index contributed by atoms with van der Waals surface area (Å²) in [6.45, 7) is 4.69. The number of aromatic nitrogens is 3. The first kappa shape index (κ1) is 13.8. The monoisotopic (exact) mass is 266 g/mol. The van der Waals surface area contributed by atoms with Crippen LogP contribution in [0.2, 0.25) is 0 Å². The van der Waals surface area contributed by atoms with Crippen LogP contribution in [0.4, 0.5) is 11.9 Å². The van der Waals surface area contributed by atoms with Crippen LogP contribution in [0, 0.1) is 5.92 Å². The summed E-state index contributed by atoms with van der Waals surface area (Å²) < 4.78 is 5.45. The molecular formula is C12H22N6O. The minimum atomic E-state index is 0.00995. The van der Waals surface area contributed by atoms with Gasteiger partial charge in [-0.05, 0) is 32.6 Å². The summed E-state index contributed by atoms with van der Waals surface area (Å²) in [7, 11) is 0. The average Bonchev–Trinajstić information content (AvgIpc) is 3.17. The van der Waals surface area contributed by atoms with Crippen molar-refractivity contribution >= 4 is 11.9 Å². The van der Waals surface area contributed by atoms with Crippen LogP contribution in [0.15, 0.2) is 0 Å². The second kappa shape index (κ2) is 6.51. The van der Waals surface area contributed by atoms with E-state index in [0.29, 0.717) is 11.9 Å². The summed E-state index contributed by atoms with van der Waals surface area (Å²) in [6, 6.07) is 0.280. The van der Waals surface area contributed by atoms with Gasteiger partial charge in [0.25, 0.3) is 0 Å². The maximum Gasteiger partial charge on any atom is 0.323 e. The van der Waals surface area contributed by atoms with Gasteiger partial charge < -0.3 is 10.1 Å². The Labute approximate surface area is 113 Å². The lowest BCUT2D eigenvalue weighted by molar-refractivity contribution is 0.222. The molecule has 0 aliphatic heterocycles. The normalized spacial score (nSPS) is 14.5. The predicted octanol–water partition coefficient (Wildman–Crippen LogP) is 1.55. The van der Waals surface area contributed by atoms with Crippen molar-refractivity contribution in [3.63, 3.8) is 0 Å². The summed E-state index contributed by atoms with van der Waals surface area (Å²) in [5, 5.41) is 3.18. The molecule has 0 spiro atoms. The predicted molar refractivity (Wildman–Crippen MR) is 73.8 cm³/mol. The number of nitrogens with zero attached hydrogens (tertiary/aromatic N) is 3. The topological polar surface area (TPSA) is 98.0 Å². The van der Waals surface area contributed by atoms with Crippen LogP contribution in [-0.2, 0) is 0 Å². The van der Waals surface area contributed by atoms with Crippen LogP contribution in [0.25, 0.3) is 0 Å². The van der Waals surface area contributed by atoms with Gasteiger partial charge in [-0.25, -0.2) is 5.84 Å². The van der Waals surface area contributed by atoms with Crippen LogP contribution in [0.5, 0.6) is 6.01 Å². The molecule has 0 radical (unpaired) electrons. The smallest absolute Gasteiger partial charge is 0.323 e. The molecule has 0 bridgehead atoms. The molecular weight excluding hydrogens is 244 g/mol. The molecule has 1 saturated carbocycles. The molecule has 0 unspecified atom stereocenters. The number of nitrogens with two attached hydrogens (primary N) is 1. The molecule has 1 aliphatic carbocycles. The number of rotatable bonds is 8. The Kier molecular flexibility index (Phi) is 4.73. The molecule has 0 saturated heterocycles. The quantitative estimate of drug-likeness (QED) is 0.373. The van der Waals surface area contributed by atoms with Gasteiger partial charge in [0.15, 0.2) is 0 Å². The highest BCUT2D eigenvalue weighted by molar-refractivity contribution is 5.34. The first-order valence-corrected chi connectivity index (χ1v) is 6.80. The van der Waals surface area contributed by atoms with E-state index in [-0.39, 0.29) is 12.1 Å². The van der Waals surface area contributed by atoms with Crippen molar-refractivity contribution in [3.8, 4) is 6.01 Å². The third kappa shape index (κ3) is 4.86. The molecule has 0 atom stereocenters. The van der Waals surface area contributed by atoms with Crippen LogP contribution < -0.4 is 21.3 Å². The van der Waals surface area contributed by atoms with Gasteiger partial charge in [-0.2, -0.15) is 15.0 Å². The maximum atomic E-state index is 5.45. The highest BCUT2D eigenvalue weighted by Crippen LogP contribution is 2.33. The summed E-state index contributed by atoms with van der Waals surface area (Å²) in [5.41, 5.74) is 2.42. The van der Waals surface area contributed by atoms with E-state index in [2.05, 4.69) is 25.7 Å². The van der Waals surface area contributed by atoms with E-state index in [9.17, 15) is 0 Å². The highest BCUT2D eigenvalue weighted by atomic mass is 16.5. The molecule has 4 N–H and O–H groups in total. The largest absolute Gasteiger partial charge is 0.461 e. The first-order chi connectivity index (χ1) is 9.17. The number of hydrogen-bond acceptors (Lipinski definition) is 7. The summed E-state index contributed by atoms with van der Waals surface area (Å²) in [6.07, 6.45) is 5.19. The Morgan fingerprint density at radius 3 is 2.63 bits per heavy atom. The zero-order valence-electron chi connectivity index (χ0n) is 11.5. The second-order valence-electron chi connectivity index (χ2n) is 5.09. The zero-order chi connectivity index (χ0) is 13.7. The number of hydrazine groups is 1. The van der Waals surface area contributed by atoms with Crippen molar-refractivity contribution in [3.05, 3.63) is 0 Å². The van der Waals surface area contributed by atoms with Crippen molar-refractivity contribution in [2.75, 3.05) is 17.3 Å². The van der Waals surface area contributed by atoms with Crippen molar-refractivity contribution < 1.29 is 4.74 Å². The minimum absolute atomic E-state index is 0.00995. The van der Waals surface area contributed by atoms with Gasteiger partial charge in [0.05, 0.1) is 6.10 Å². The summed E-state index contributed by atoms with van der Waals surface area (Å²) in [5.74, 6) is 7.08. The maximum absolute atomic E-state index is 5.45. The third-order valence-corrected chi connectivity index (χ3v) is 2.85. The fourth-order valence-corrected chi connectivity index (χ4v) is 1.76. The van der Waals surface area contributed by atoms with E-state index in [1.165, 1.54) is 19.3 Å². The molecule has 7 heteroatoms. The summed E-state index contributed by atoms with van der Waals surface area (Å²) in [4.78, 5) is 12.4. The molecule has 7 nitrogen and oxygen atoms in total. The Morgan fingerprint density at radius 1 is 1.26 bits per heavy atom. The lowest BCUT2D eigenvalue weighted by Gasteiger charge is -2.11. The number of hydrogen-bond donors (Lipinski definition) is 3. The lowest BCUT2D eigenvalue weighted by Crippen LogP contribution is -2.16. The zero-order valence-corrected chi connectivity index (χ0v) is 11.5. The minimum Gasteiger partial charge on any atom is -0.461 e. The Hall–Kier alpha value is -1.63. The van der Waals surface area contributed by atoms with E-state index < -0.39 is 0 Å². The molecule has 106 valence electrons. The number of ether oxygens (including phenoxy) is 1. The van der Waals surface area contributed by atoms with E-state index in [4.69, 9.17) is 10.6 Å². The van der Waals surface area contributed by atoms with Gasteiger partial charge in [0.2, 0.25) is 11.9 Å². The lowest BCUT2D eigenvalue weighted by atomic mass is 10.2. The van der Waals surface area contributed by atoms with Crippen molar-refractivity contribution in [1.82, 2.24) is 15.0 Å². The van der Waals surface area contributed by atoms with Crippen molar-refractivity contribution in [2.45, 2.75) is 45.6 Å². The summed E-state index contributed by atoms with van der Waals surface area (Å²) >= 11 is 0. The van der Waals surface area contributed by atoms with E-state index >= 15 is 0 Å². The van der Waals surface area contributed by atoms with Gasteiger partial charge in [0, 0.05) is 6.54 Å². The van der Waals surface area contributed by atoms with Crippen LogP contribution in [0.3, 0.4) is 0 Å². The van der Waals surface area contributed by atoms with E-state index in [0.717, 1.165) is 18.9 Å². The molecule has 0 aromatic carbocycles.